The minimum atomic E-state index is -0.323. The van der Waals surface area contributed by atoms with Crippen molar-refractivity contribution in [1.82, 2.24) is 15.3 Å². The van der Waals surface area contributed by atoms with E-state index in [1.165, 1.54) is 0 Å². The summed E-state index contributed by atoms with van der Waals surface area (Å²) >= 11 is 0. The van der Waals surface area contributed by atoms with Crippen molar-refractivity contribution in [2.24, 2.45) is 0 Å². The Bertz CT molecular complexity index is 681. The first-order chi connectivity index (χ1) is 9.76. The minimum absolute atomic E-state index is 0.323. The highest BCUT2D eigenvalue weighted by atomic mass is 16.5. The summed E-state index contributed by atoms with van der Waals surface area (Å²) in [5, 5.41) is 6.48. The monoisotopic (exact) mass is 272 g/mol. The molecule has 104 valence electrons. The van der Waals surface area contributed by atoms with Gasteiger partial charge >= 0.3 is 5.69 Å². The molecule has 0 bridgehead atoms. The first kappa shape index (κ1) is 12.7. The third kappa shape index (κ3) is 2.50. The Morgan fingerprint density at radius 1 is 1.40 bits per heavy atom. The Labute approximate surface area is 116 Å². The first-order valence-electron chi connectivity index (χ1n) is 6.50. The number of aromatic nitrogens is 2. The fourth-order valence-electron chi connectivity index (χ4n) is 2.32. The van der Waals surface area contributed by atoms with Crippen molar-refractivity contribution in [2.75, 3.05) is 19.0 Å². The summed E-state index contributed by atoms with van der Waals surface area (Å²) in [5.41, 5.74) is 2.49. The third-order valence-corrected chi connectivity index (χ3v) is 3.31. The van der Waals surface area contributed by atoms with Gasteiger partial charge in [-0.15, -0.1) is 0 Å². The van der Waals surface area contributed by atoms with Gasteiger partial charge in [0.25, 0.3) is 0 Å². The van der Waals surface area contributed by atoms with Crippen LogP contribution in [0.4, 0.5) is 11.5 Å². The van der Waals surface area contributed by atoms with E-state index in [9.17, 15) is 4.79 Å². The van der Waals surface area contributed by atoms with Crippen LogP contribution in [0, 0.1) is 0 Å². The van der Waals surface area contributed by atoms with Gasteiger partial charge in [0.1, 0.15) is 11.6 Å². The van der Waals surface area contributed by atoms with Crippen molar-refractivity contribution in [1.29, 1.82) is 0 Å². The molecule has 6 heteroatoms. The van der Waals surface area contributed by atoms with Gasteiger partial charge in [0, 0.05) is 42.5 Å². The van der Waals surface area contributed by atoms with Crippen LogP contribution in [0.2, 0.25) is 0 Å². The second-order valence-corrected chi connectivity index (χ2v) is 4.63. The molecule has 1 aromatic carbocycles. The summed E-state index contributed by atoms with van der Waals surface area (Å²) in [7, 11) is 1.62. The van der Waals surface area contributed by atoms with E-state index in [1.807, 2.05) is 24.3 Å². The molecule has 0 unspecified atom stereocenters. The van der Waals surface area contributed by atoms with Gasteiger partial charge in [-0.2, -0.15) is 4.98 Å². The van der Waals surface area contributed by atoms with Gasteiger partial charge in [-0.3, -0.25) is 0 Å². The summed E-state index contributed by atoms with van der Waals surface area (Å²) in [6.45, 7) is 1.57. The molecule has 3 N–H and O–H groups in total. The summed E-state index contributed by atoms with van der Waals surface area (Å²) < 4.78 is 5.19. The van der Waals surface area contributed by atoms with Crippen molar-refractivity contribution in [2.45, 2.75) is 13.0 Å². The van der Waals surface area contributed by atoms with Crippen LogP contribution in [-0.4, -0.2) is 23.6 Å². The number of nitrogens with zero attached hydrogens (tertiary/aromatic N) is 1. The van der Waals surface area contributed by atoms with Gasteiger partial charge < -0.3 is 20.4 Å². The molecule has 2 heterocycles. The third-order valence-electron chi connectivity index (χ3n) is 3.31. The second-order valence-electron chi connectivity index (χ2n) is 4.63. The number of hydrogen-bond donors (Lipinski definition) is 3. The lowest BCUT2D eigenvalue weighted by Crippen LogP contribution is -2.29. The zero-order valence-electron chi connectivity index (χ0n) is 11.2. The highest BCUT2D eigenvalue weighted by Crippen LogP contribution is 2.24. The number of fused-ring (bicyclic) bond motifs is 1. The lowest BCUT2D eigenvalue weighted by molar-refractivity contribution is 0.415. The smallest absolute Gasteiger partial charge is 0.347 e. The van der Waals surface area contributed by atoms with Crippen LogP contribution in [0.15, 0.2) is 29.1 Å². The van der Waals surface area contributed by atoms with Crippen molar-refractivity contribution in [3.8, 4) is 5.75 Å². The van der Waals surface area contributed by atoms with Crippen LogP contribution < -0.4 is 21.1 Å². The Kier molecular flexibility index (Phi) is 3.39. The molecule has 2 aromatic rings. The van der Waals surface area contributed by atoms with Gasteiger partial charge in [-0.05, 0) is 12.1 Å². The minimum Gasteiger partial charge on any atom is -0.497 e. The highest BCUT2D eigenvalue weighted by molar-refractivity contribution is 5.61. The molecule has 20 heavy (non-hydrogen) atoms. The maximum Gasteiger partial charge on any atom is 0.347 e. The number of ether oxygens (including phenoxy) is 1. The molecule has 0 aliphatic carbocycles. The van der Waals surface area contributed by atoms with Crippen LogP contribution in [0.1, 0.15) is 11.3 Å². The average molecular weight is 272 g/mol. The standard InChI is InChI=1S/C14H16N4O2/c1-20-10-4-2-3-9(7-10)16-13-11-8-15-6-5-12(11)17-14(19)18-13/h2-4,7,15H,5-6,8H2,1H3,(H2,16,17,18,19). The lowest BCUT2D eigenvalue weighted by Gasteiger charge is -2.19. The number of H-pyrrole nitrogens is 1. The van der Waals surface area contributed by atoms with Crippen molar-refractivity contribution in [3.05, 3.63) is 46.0 Å². The fourth-order valence-corrected chi connectivity index (χ4v) is 2.32. The molecule has 0 amide bonds. The van der Waals surface area contributed by atoms with Gasteiger partial charge in [-0.1, -0.05) is 6.07 Å². The maximum absolute atomic E-state index is 11.6. The molecule has 0 saturated carbocycles. The summed E-state index contributed by atoms with van der Waals surface area (Å²) in [4.78, 5) is 18.5. The van der Waals surface area contributed by atoms with Crippen LogP contribution in [-0.2, 0) is 13.0 Å². The van der Waals surface area contributed by atoms with Crippen molar-refractivity contribution >= 4 is 11.5 Å². The fraction of sp³-hybridized carbons (Fsp3) is 0.286. The largest absolute Gasteiger partial charge is 0.497 e. The number of benzene rings is 1. The lowest BCUT2D eigenvalue weighted by atomic mass is 10.1. The second kappa shape index (κ2) is 5.34. The van der Waals surface area contributed by atoms with E-state index in [-0.39, 0.29) is 5.69 Å². The van der Waals surface area contributed by atoms with E-state index >= 15 is 0 Å². The summed E-state index contributed by atoms with van der Waals surface area (Å²) in [5.74, 6) is 1.36. The van der Waals surface area contributed by atoms with Gasteiger partial charge in [-0.25, -0.2) is 4.79 Å². The average Bonchev–Trinajstić information content (AvgIpc) is 2.47. The number of nitrogens with one attached hydrogen (secondary N) is 3. The molecule has 0 fully saturated rings. The number of anilines is 2. The topological polar surface area (TPSA) is 79.0 Å². The number of hydrogen-bond acceptors (Lipinski definition) is 5. The van der Waals surface area contributed by atoms with Crippen LogP contribution in [0.5, 0.6) is 5.75 Å². The molecule has 0 radical (unpaired) electrons. The van der Waals surface area contributed by atoms with Crippen LogP contribution >= 0.6 is 0 Å². The predicted molar refractivity (Wildman–Crippen MR) is 76.5 cm³/mol. The Morgan fingerprint density at radius 2 is 2.30 bits per heavy atom. The predicted octanol–water partition coefficient (Wildman–Crippen LogP) is 1.17. The van der Waals surface area contributed by atoms with Gasteiger partial charge in [0.2, 0.25) is 0 Å². The zero-order chi connectivity index (χ0) is 13.9. The van der Waals surface area contributed by atoms with E-state index < -0.39 is 0 Å². The number of methoxy groups -OCH3 is 1. The van der Waals surface area contributed by atoms with Crippen molar-refractivity contribution in [3.63, 3.8) is 0 Å². The van der Waals surface area contributed by atoms with Gasteiger partial charge in [0.15, 0.2) is 0 Å². The Morgan fingerprint density at radius 3 is 3.15 bits per heavy atom. The molecule has 1 aliphatic heterocycles. The Hall–Kier alpha value is -2.34. The van der Waals surface area contributed by atoms with E-state index in [0.29, 0.717) is 12.4 Å². The molecule has 1 aromatic heterocycles. The molecular formula is C14H16N4O2. The number of aromatic amines is 1. The first-order valence-corrected chi connectivity index (χ1v) is 6.50. The molecule has 1 aliphatic rings. The van der Waals surface area contributed by atoms with E-state index in [2.05, 4.69) is 20.6 Å². The molecule has 0 saturated heterocycles. The van der Waals surface area contributed by atoms with E-state index in [0.717, 1.165) is 35.7 Å². The number of rotatable bonds is 3. The van der Waals surface area contributed by atoms with Crippen LogP contribution in [0.3, 0.4) is 0 Å². The molecule has 3 rings (SSSR count). The highest BCUT2D eigenvalue weighted by Gasteiger charge is 2.15. The molecule has 0 spiro atoms. The zero-order valence-corrected chi connectivity index (χ0v) is 11.2. The van der Waals surface area contributed by atoms with Crippen molar-refractivity contribution < 1.29 is 4.74 Å². The maximum atomic E-state index is 11.6. The van der Waals surface area contributed by atoms with E-state index in [1.54, 1.807) is 7.11 Å². The molecule has 6 nitrogen and oxygen atoms in total. The van der Waals surface area contributed by atoms with Crippen LogP contribution in [0.25, 0.3) is 0 Å². The molecular weight excluding hydrogens is 256 g/mol. The quantitative estimate of drug-likeness (QED) is 0.781. The summed E-state index contributed by atoms with van der Waals surface area (Å²) in [6.07, 6.45) is 0.805. The molecule has 0 atom stereocenters. The normalized spacial score (nSPS) is 13.7. The van der Waals surface area contributed by atoms with E-state index in [4.69, 9.17) is 4.74 Å². The van der Waals surface area contributed by atoms with Gasteiger partial charge in [0.05, 0.1) is 7.11 Å². The Balaban J connectivity index is 1.97. The summed E-state index contributed by atoms with van der Waals surface area (Å²) in [6, 6.07) is 7.53. The SMILES string of the molecule is COc1cccc(Nc2nc(=O)[nH]c3c2CNCC3)c1.